The molecule has 1 spiro atoms. The summed E-state index contributed by atoms with van der Waals surface area (Å²) in [4.78, 5) is 21.3. The van der Waals surface area contributed by atoms with Crippen molar-refractivity contribution < 1.29 is 19.6 Å². The normalized spacial score (nSPS) is 37.4. The molecule has 4 unspecified atom stereocenters. The van der Waals surface area contributed by atoms with Gasteiger partial charge >= 0.3 is 0 Å². The number of benzene rings is 1. The van der Waals surface area contributed by atoms with E-state index in [-0.39, 0.29) is 34.5 Å². The lowest BCUT2D eigenvalue weighted by atomic mass is 9.67. The lowest BCUT2D eigenvalue weighted by Crippen LogP contribution is -2.83. The van der Waals surface area contributed by atoms with Crippen molar-refractivity contribution in [3.05, 3.63) is 27.1 Å². The van der Waals surface area contributed by atoms with E-state index in [0.717, 1.165) is 46.1 Å². The van der Waals surface area contributed by atoms with Gasteiger partial charge in [-0.2, -0.15) is 0 Å². The summed E-state index contributed by atoms with van der Waals surface area (Å²) in [7, 11) is 0. The molecule has 1 aliphatic carbocycles. The van der Waals surface area contributed by atoms with E-state index < -0.39 is 0 Å². The van der Waals surface area contributed by atoms with Crippen LogP contribution in [0.15, 0.2) is 16.0 Å². The Morgan fingerprint density at radius 3 is 3.32 bits per heavy atom. The fourth-order valence-electron chi connectivity index (χ4n) is 5.28. The number of epoxide rings is 1. The first kappa shape index (κ1) is 13.1. The minimum absolute atomic E-state index is 0.0785. The van der Waals surface area contributed by atoms with Crippen molar-refractivity contribution in [2.75, 3.05) is 11.9 Å². The number of ether oxygens (including phenoxy) is 1. The second kappa shape index (κ2) is 3.83. The fourth-order valence-corrected chi connectivity index (χ4v) is 6.81. The number of carbonyl (C=O) groups is 1. The average Bonchev–Trinajstić information content (AvgIpc) is 3.23. The van der Waals surface area contributed by atoms with Crippen molar-refractivity contribution >= 4 is 40.7 Å². The van der Waals surface area contributed by atoms with Crippen LogP contribution in [-0.2, 0) is 14.9 Å². The molecule has 0 amide bonds. The quantitative estimate of drug-likeness (QED) is 0.400. The maximum atomic E-state index is 12.2. The number of aromatic hydroxyl groups is 1. The zero-order chi connectivity index (χ0) is 16.5. The average molecular weight is 352 g/mol. The Morgan fingerprint density at radius 1 is 1.48 bits per heavy atom. The molecule has 4 atom stereocenters. The smallest absolute Gasteiger partial charge is 0.214 e. The third kappa shape index (κ3) is 1.29. The van der Waals surface area contributed by atoms with Gasteiger partial charge in [0.15, 0.2) is 11.5 Å². The largest absolute Gasteiger partial charge is 0.504 e. The molecule has 1 aromatic carbocycles. The van der Waals surface area contributed by atoms with Gasteiger partial charge in [0, 0.05) is 17.5 Å². The van der Waals surface area contributed by atoms with E-state index >= 15 is 0 Å². The predicted molar refractivity (Wildman–Crippen MR) is 91.5 cm³/mol. The highest BCUT2D eigenvalue weighted by Gasteiger charge is 2.69. The topological polar surface area (TPSA) is 88.2 Å². The zero-order valence-electron chi connectivity index (χ0n) is 13.1. The van der Waals surface area contributed by atoms with Crippen LogP contribution in [0.4, 0.5) is 11.4 Å². The van der Waals surface area contributed by atoms with Gasteiger partial charge in [0.25, 0.3) is 0 Å². The monoisotopic (exact) mass is 352 g/mol. The van der Waals surface area contributed by atoms with E-state index in [1.165, 1.54) is 5.57 Å². The molecule has 7 heteroatoms. The second-order valence-corrected chi connectivity index (χ2v) is 8.72. The van der Waals surface area contributed by atoms with Gasteiger partial charge in [-0.25, -0.2) is 4.99 Å². The molecule has 5 aliphatic heterocycles. The van der Waals surface area contributed by atoms with E-state index in [1.54, 1.807) is 17.8 Å². The van der Waals surface area contributed by atoms with Crippen LogP contribution in [0.3, 0.4) is 0 Å². The van der Waals surface area contributed by atoms with Crippen molar-refractivity contribution in [1.29, 1.82) is 0 Å². The molecule has 3 N–H and O–H groups in total. The number of phenolic OH excluding ortho intramolecular Hbond substituents is 1. The third-order valence-electron chi connectivity index (χ3n) is 6.31. The Hall–Kier alpha value is -2.12. The number of rotatable bonds is 0. The Kier molecular flexibility index (Phi) is 2.01. The Morgan fingerprint density at radius 2 is 2.40 bits per heavy atom. The molecule has 0 radical (unpaired) electrons. The molecule has 2 bridgehead atoms. The summed E-state index contributed by atoms with van der Waals surface area (Å²) in [5.41, 5.74) is 3.35. The number of ketones is 1. The molecule has 7 rings (SSSR count). The van der Waals surface area contributed by atoms with Crippen LogP contribution < -0.4 is 20.9 Å². The first-order chi connectivity index (χ1) is 12.2. The lowest BCUT2D eigenvalue weighted by molar-refractivity contribution is -0.501. The molecule has 1 aromatic rings. The molecule has 5 heterocycles. The Balaban J connectivity index is 1.68. The number of hydrogen-bond donors (Lipinski definition) is 3. The molecular weight excluding hydrogens is 338 g/mol. The summed E-state index contributed by atoms with van der Waals surface area (Å²) in [6.45, 7) is 0.852. The summed E-state index contributed by atoms with van der Waals surface area (Å²) < 4.78 is 5.85. The van der Waals surface area contributed by atoms with Crippen LogP contribution in [0, 0.1) is 0 Å². The van der Waals surface area contributed by atoms with Crippen LogP contribution in [0.25, 0.3) is 5.57 Å². The summed E-state index contributed by atoms with van der Waals surface area (Å²) in [6, 6.07) is 0. The molecular formula is C18H14N3O3S+. The number of carbonyl (C=O) groups excluding carboxylic acids is 1. The first-order valence-corrected chi connectivity index (χ1v) is 9.48. The van der Waals surface area contributed by atoms with Gasteiger partial charge < -0.3 is 15.2 Å². The van der Waals surface area contributed by atoms with Crippen molar-refractivity contribution in [3.63, 3.8) is 0 Å². The van der Waals surface area contributed by atoms with Crippen molar-refractivity contribution in [2.24, 2.45) is 4.99 Å². The number of nitrogens with one attached hydrogen (secondary N) is 2. The van der Waals surface area contributed by atoms with Crippen LogP contribution >= 0.6 is 11.8 Å². The van der Waals surface area contributed by atoms with Crippen LogP contribution in [-0.4, -0.2) is 41.2 Å². The number of thioether (sulfide) groups is 1. The highest BCUT2D eigenvalue weighted by atomic mass is 32.2. The van der Waals surface area contributed by atoms with Gasteiger partial charge in [0.05, 0.1) is 27.3 Å². The van der Waals surface area contributed by atoms with Crippen molar-refractivity contribution in [3.8, 4) is 5.75 Å². The highest BCUT2D eigenvalue weighted by Crippen LogP contribution is 2.65. The van der Waals surface area contributed by atoms with Gasteiger partial charge in [-0.3, -0.25) is 9.79 Å². The maximum absolute atomic E-state index is 12.2. The number of phenols is 1. The van der Waals surface area contributed by atoms with Crippen LogP contribution in [0.5, 0.6) is 5.75 Å². The standard InChI is InChI=1S/C18H13N3O3S/c22-7-3-8-18(17-16(7)24-17)4-9(25-8)21-14-11(18)12-10-6(1-2-19-12)5-20-13(10)15(14)23/h3,5,9,16-17,21,23H,1-2,4H2/p+1. The van der Waals surface area contributed by atoms with Gasteiger partial charge in [-0.1, -0.05) is 0 Å². The number of fused-ring (bicyclic) bond motifs is 4. The van der Waals surface area contributed by atoms with Gasteiger partial charge in [-0.05, 0) is 18.1 Å². The summed E-state index contributed by atoms with van der Waals surface area (Å²) in [5.74, 6) is 0.304. The third-order valence-corrected chi connectivity index (χ3v) is 7.62. The SMILES string of the molecule is O=C1C=C2SC3CC2(c2c(c(O)c4c5c2=[NH+]CCC=5C=N4)N3)C2OC12. The van der Waals surface area contributed by atoms with Crippen LogP contribution in [0.2, 0.25) is 0 Å². The molecule has 124 valence electrons. The van der Waals surface area contributed by atoms with Crippen molar-refractivity contribution in [1.82, 2.24) is 0 Å². The van der Waals surface area contributed by atoms with Crippen LogP contribution in [0.1, 0.15) is 18.4 Å². The zero-order valence-corrected chi connectivity index (χ0v) is 13.9. The van der Waals surface area contributed by atoms with E-state index in [4.69, 9.17) is 4.74 Å². The predicted octanol–water partition coefficient (Wildman–Crippen LogP) is -1.28. The summed E-state index contributed by atoms with van der Waals surface area (Å²) in [5, 5.41) is 16.7. The highest BCUT2D eigenvalue weighted by molar-refractivity contribution is 8.04. The van der Waals surface area contributed by atoms with E-state index in [2.05, 4.69) is 15.3 Å². The molecule has 0 aromatic heterocycles. The molecule has 0 saturated carbocycles. The van der Waals surface area contributed by atoms with E-state index in [0.29, 0.717) is 5.69 Å². The van der Waals surface area contributed by atoms with Gasteiger partial charge in [0.1, 0.15) is 24.4 Å². The number of aliphatic imine (C=N–C) groups is 1. The van der Waals surface area contributed by atoms with Gasteiger partial charge in [-0.15, -0.1) is 11.8 Å². The second-order valence-electron chi connectivity index (χ2n) is 7.47. The molecule has 25 heavy (non-hydrogen) atoms. The maximum Gasteiger partial charge on any atom is 0.214 e. The number of hydrogen-bond acceptors (Lipinski definition) is 6. The lowest BCUT2D eigenvalue weighted by Gasteiger charge is -2.35. The minimum Gasteiger partial charge on any atom is -0.504 e. The molecule has 6 aliphatic rings. The Bertz CT molecular complexity index is 1120. The summed E-state index contributed by atoms with van der Waals surface area (Å²) in [6.07, 6.45) is 5.01. The molecule has 2 saturated heterocycles. The van der Waals surface area contributed by atoms with E-state index in [9.17, 15) is 9.90 Å². The fraction of sp³-hybridized carbons (Fsp3) is 0.389. The molecule has 2 fully saturated rings. The van der Waals surface area contributed by atoms with Gasteiger partial charge in [0.2, 0.25) is 5.36 Å². The first-order valence-electron chi connectivity index (χ1n) is 8.61. The summed E-state index contributed by atoms with van der Waals surface area (Å²) >= 11 is 1.70. The minimum atomic E-state index is -0.325. The number of nitrogens with zero attached hydrogens (tertiary/aromatic N) is 1. The van der Waals surface area contributed by atoms with E-state index in [1.807, 2.05) is 6.21 Å². The Labute approximate surface area is 146 Å². The van der Waals surface area contributed by atoms with Crippen molar-refractivity contribution in [2.45, 2.75) is 35.8 Å². The molecule has 6 nitrogen and oxygen atoms in total. The number of anilines is 1.